The summed E-state index contributed by atoms with van der Waals surface area (Å²) in [4.78, 5) is 11.5. The summed E-state index contributed by atoms with van der Waals surface area (Å²) in [6.45, 7) is 3.84. The highest BCUT2D eigenvalue weighted by Crippen LogP contribution is 2.02. The van der Waals surface area contributed by atoms with Gasteiger partial charge in [-0.3, -0.25) is 4.79 Å². The van der Waals surface area contributed by atoms with Crippen LogP contribution in [0.4, 0.5) is 0 Å². The Hall–Kier alpha value is -2.60. The van der Waals surface area contributed by atoms with E-state index < -0.39 is 5.91 Å². The molecule has 0 saturated heterocycles. The maximum absolute atomic E-state index is 11.5. The van der Waals surface area contributed by atoms with Crippen molar-refractivity contribution in [2.45, 2.75) is 0 Å². The van der Waals surface area contributed by atoms with Gasteiger partial charge in [0.25, 0.3) is 5.91 Å². The molecule has 0 aliphatic carbocycles. The van der Waals surface area contributed by atoms with Crippen LogP contribution in [0.1, 0.15) is 5.56 Å². The molecular weight excluding hydrogens is 224 g/mol. The second-order valence-electron chi connectivity index (χ2n) is 3.46. The Morgan fingerprint density at radius 3 is 2.72 bits per heavy atom. The average Bonchev–Trinajstić information content (AvgIpc) is 2.42. The minimum absolute atomic E-state index is 0.0732. The first kappa shape index (κ1) is 13.5. The first-order chi connectivity index (χ1) is 8.77. The number of benzene rings is 1. The lowest BCUT2D eigenvalue weighted by atomic mass is 10.2. The fourth-order valence-electron chi connectivity index (χ4n) is 1.24. The molecule has 0 aliphatic rings. The minimum atomic E-state index is -0.393. The van der Waals surface area contributed by atoms with Crippen molar-refractivity contribution in [3.05, 3.63) is 66.3 Å². The predicted octanol–water partition coefficient (Wildman–Crippen LogP) is 2.45. The molecule has 1 aromatic carbocycles. The third-order valence-electron chi connectivity index (χ3n) is 2.12. The van der Waals surface area contributed by atoms with E-state index in [1.165, 1.54) is 6.08 Å². The normalized spacial score (nSPS) is 10.9. The van der Waals surface area contributed by atoms with E-state index in [2.05, 4.69) is 11.9 Å². The second-order valence-corrected chi connectivity index (χ2v) is 3.46. The number of carbonyl (C=O) groups excluding carboxylic acids is 1. The van der Waals surface area contributed by atoms with Crippen molar-refractivity contribution >= 4 is 12.0 Å². The Bertz CT molecular complexity index is 507. The van der Waals surface area contributed by atoms with Crippen LogP contribution in [-0.2, 0) is 4.79 Å². The molecule has 3 nitrogen and oxygen atoms in total. The number of allylic oxidation sites excluding steroid dienone is 2. The van der Waals surface area contributed by atoms with Crippen molar-refractivity contribution in [3.63, 3.8) is 0 Å². The number of hydrogen-bond donors (Lipinski definition) is 1. The Balaban J connectivity index is 2.69. The van der Waals surface area contributed by atoms with Gasteiger partial charge in [0.15, 0.2) is 0 Å². The van der Waals surface area contributed by atoms with E-state index in [9.17, 15) is 4.79 Å². The molecule has 0 saturated carbocycles. The van der Waals surface area contributed by atoms with Gasteiger partial charge < -0.3 is 5.32 Å². The van der Waals surface area contributed by atoms with Gasteiger partial charge in [-0.15, -0.1) is 6.58 Å². The quantitative estimate of drug-likeness (QED) is 0.371. The molecule has 0 atom stereocenters. The van der Waals surface area contributed by atoms with Gasteiger partial charge in [0.1, 0.15) is 11.6 Å². The standard InChI is InChI=1S/C15H14N2O/c1-2-11-17-15(18)14(12-16)10-6-9-13-7-4-3-5-8-13/h2-10H,1,11H2,(H,17,18). The molecule has 0 radical (unpaired) electrons. The monoisotopic (exact) mass is 238 g/mol. The molecule has 18 heavy (non-hydrogen) atoms. The summed E-state index contributed by atoms with van der Waals surface area (Å²) in [5, 5.41) is 11.4. The Kier molecular flexibility index (Phi) is 5.71. The zero-order valence-electron chi connectivity index (χ0n) is 9.97. The van der Waals surface area contributed by atoms with Crippen molar-refractivity contribution in [2.75, 3.05) is 6.54 Å². The van der Waals surface area contributed by atoms with Crippen LogP contribution in [-0.4, -0.2) is 12.5 Å². The third kappa shape index (κ3) is 4.50. The highest BCUT2D eigenvalue weighted by Gasteiger charge is 2.04. The van der Waals surface area contributed by atoms with Gasteiger partial charge in [-0.25, -0.2) is 0 Å². The number of hydrogen-bond acceptors (Lipinski definition) is 2. The molecule has 1 rings (SSSR count). The Labute approximate surface area is 107 Å². The van der Waals surface area contributed by atoms with Crippen molar-refractivity contribution in [1.29, 1.82) is 5.26 Å². The van der Waals surface area contributed by atoms with Crippen molar-refractivity contribution < 1.29 is 4.79 Å². The summed E-state index contributed by atoms with van der Waals surface area (Å²) in [5.74, 6) is -0.393. The molecule has 0 bridgehead atoms. The van der Waals surface area contributed by atoms with Crippen molar-refractivity contribution in [2.24, 2.45) is 0 Å². The van der Waals surface area contributed by atoms with Crippen molar-refractivity contribution in [1.82, 2.24) is 5.32 Å². The number of nitrogens with zero attached hydrogens (tertiary/aromatic N) is 1. The minimum Gasteiger partial charge on any atom is -0.348 e. The Morgan fingerprint density at radius 2 is 2.11 bits per heavy atom. The molecule has 1 amide bonds. The summed E-state index contributed by atoms with van der Waals surface area (Å²) >= 11 is 0. The number of amides is 1. The van der Waals surface area contributed by atoms with E-state index in [0.29, 0.717) is 6.54 Å². The van der Waals surface area contributed by atoms with Gasteiger partial charge >= 0.3 is 0 Å². The summed E-state index contributed by atoms with van der Waals surface area (Å²) in [7, 11) is 0. The first-order valence-electron chi connectivity index (χ1n) is 5.50. The third-order valence-corrected chi connectivity index (χ3v) is 2.12. The average molecular weight is 238 g/mol. The van der Waals surface area contributed by atoms with E-state index in [-0.39, 0.29) is 5.57 Å². The molecule has 0 unspecified atom stereocenters. The van der Waals surface area contributed by atoms with E-state index in [0.717, 1.165) is 5.56 Å². The highest BCUT2D eigenvalue weighted by molar-refractivity contribution is 5.97. The van der Waals surface area contributed by atoms with E-state index in [1.807, 2.05) is 42.5 Å². The van der Waals surface area contributed by atoms with Crippen LogP contribution >= 0.6 is 0 Å². The lowest BCUT2D eigenvalue weighted by Crippen LogP contribution is -2.24. The molecule has 0 heterocycles. The molecule has 0 aliphatic heterocycles. The van der Waals surface area contributed by atoms with Crippen molar-refractivity contribution in [3.8, 4) is 6.07 Å². The predicted molar refractivity (Wildman–Crippen MR) is 72.4 cm³/mol. The number of carbonyl (C=O) groups is 1. The maximum Gasteiger partial charge on any atom is 0.262 e. The summed E-state index contributed by atoms with van der Waals surface area (Å²) < 4.78 is 0. The molecule has 0 fully saturated rings. The molecule has 0 spiro atoms. The van der Waals surface area contributed by atoms with Gasteiger partial charge in [0.05, 0.1) is 0 Å². The molecule has 1 aromatic rings. The van der Waals surface area contributed by atoms with Gasteiger partial charge in [0.2, 0.25) is 0 Å². The lowest BCUT2D eigenvalue weighted by molar-refractivity contribution is -0.116. The fourth-order valence-corrected chi connectivity index (χ4v) is 1.24. The molecule has 0 aromatic heterocycles. The molecular formula is C15H14N2O. The van der Waals surface area contributed by atoms with Crippen LogP contribution in [0.2, 0.25) is 0 Å². The van der Waals surface area contributed by atoms with Gasteiger partial charge in [0, 0.05) is 6.54 Å². The second kappa shape index (κ2) is 7.64. The highest BCUT2D eigenvalue weighted by atomic mass is 16.1. The zero-order chi connectivity index (χ0) is 13.2. The van der Waals surface area contributed by atoms with Gasteiger partial charge in [-0.1, -0.05) is 48.6 Å². The molecule has 1 N–H and O–H groups in total. The largest absolute Gasteiger partial charge is 0.348 e. The van der Waals surface area contributed by atoms with E-state index >= 15 is 0 Å². The number of nitriles is 1. The van der Waals surface area contributed by atoms with Crippen LogP contribution in [0.25, 0.3) is 6.08 Å². The van der Waals surface area contributed by atoms with Crippen LogP contribution in [0.3, 0.4) is 0 Å². The Morgan fingerprint density at radius 1 is 1.39 bits per heavy atom. The summed E-state index contributed by atoms with van der Waals surface area (Å²) in [6.07, 6.45) is 6.57. The van der Waals surface area contributed by atoms with Crippen LogP contribution < -0.4 is 5.32 Å². The van der Waals surface area contributed by atoms with Gasteiger partial charge in [-0.05, 0) is 11.6 Å². The fraction of sp³-hybridized carbons (Fsp3) is 0.0667. The smallest absolute Gasteiger partial charge is 0.262 e. The first-order valence-corrected chi connectivity index (χ1v) is 5.50. The number of rotatable bonds is 5. The van der Waals surface area contributed by atoms with Crippen LogP contribution in [0, 0.1) is 11.3 Å². The summed E-state index contributed by atoms with van der Waals surface area (Å²) in [6, 6.07) is 11.5. The van der Waals surface area contributed by atoms with E-state index in [1.54, 1.807) is 12.2 Å². The van der Waals surface area contributed by atoms with Crippen LogP contribution in [0.5, 0.6) is 0 Å². The molecule has 90 valence electrons. The van der Waals surface area contributed by atoms with E-state index in [4.69, 9.17) is 5.26 Å². The van der Waals surface area contributed by atoms with Gasteiger partial charge in [-0.2, -0.15) is 5.26 Å². The van der Waals surface area contributed by atoms with Crippen LogP contribution in [0.15, 0.2) is 60.7 Å². The topological polar surface area (TPSA) is 52.9 Å². The SMILES string of the molecule is C=CCNC(=O)C(C#N)=CC=Cc1ccccc1. The zero-order valence-corrected chi connectivity index (χ0v) is 9.97. The maximum atomic E-state index is 11.5. The lowest BCUT2D eigenvalue weighted by Gasteiger charge is -1.98. The molecule has 3 heteroatoms. The summed E-state index contributed by atoms with van der Waals surface area (Å²) in [5.41, 5.74) is 1.08. The number of nitrogens with one attached hydrogen (secondary N) is 1.